The van der Waals surface area contributed by atoms with Gasteiger partial charge in [-0.15, -0.1) is 11.3 Å². The molecule has 6 heteroatoms. The van der Waals surface area contributed by atoms with Gasteiger partial charge >= 0.3 is 0 Å². The Kier molecular flexibility index (Phi) is 4.24. The molecule has 1 aromatic heterocycles. The Morgan fingerprint density at radius 1 is 1.45 bits per heavy atom. The number of nitro benzene ring substituents is 1. The van der Waals surface area contributed by atoms with Gasteiger partial charge in [-0.25, -0.2) is 0 Å². The number of nitrogen functional groups attached to an aromatic ring is 1. The van der Waals surface area contributed by atoms with Crippen molar-refractivity contribution in [1.29, 1.82) is 0 Å². The molecule has 2 aromatic rings. The maximum Gasteiger partial charge on any atom is 0.292 e. The summed E-state index contributed by atoms with van der Waals surface area (Å²) in [5.74, 6) is 0. The predicted molar refractivity (Wildman–Crippen MR) is 83.4 cm³/mol. The van der Waals surface area contributed by atoms with Crippen molar-refractivity contribution in [1.82, 2.24) is 0 Å². The highest BCUT2D eigenvalue weighted by Crippen LogP contribution is 2.28. The first-order valence-corrected chi connectivity index (χ1v) is 7.16. The standard InChI is InChI=1S/C14H17N3O2S/c1-10(8-12-4-3-7-20-12)16(2)11-5-6-14(17(18)19)13(15)9-11/h3-7,9-10H,8,15H2,1-2H3. The second-order valence-corrected chi connectivity index (χ2v) is 5.78. The molecule has 0 amide bonds. The molecule has 106 valence electrons. The summed E-state index contributed by atoms with van der Waals surface area (Å²) in [5, 5.41) is 12.8. The molecule has 0 saturated heterocycles. The van der Waals surface area contributed by atoms with Crippen LogP contribution in [0.3, 0.4) is 0 Å². The molecule has 0 spiro atoms. The number of hydrogen-bond acceptors (Lipinski definition) is 5. The van der Waals surface area contributed by atoms with E-state index in [4.69, 9.17) is 5.73 Å². The highest BCUT2D eigenvalue weighted by atomic mass is 32.1. The zero-order chi connectivity index (χ0) is 14.7. The number of anilines is 2. The van der Waals surface area contributed by atoms with E-state index in [1.165, 1.54) is 10.9 Å². The summed E-state index contributed by atoms with van der Waals surface area (Å²) < 4.78 is 0. The molecule has 0 bridgehead atoms. The number of rotatable bonds is 5. The molecule has 0 aliphatic rings. The lowest BCUT2D eigenvalue weighted by atomic mass is 10.1. The topological polar surface area (TPSA) is 72.4 Å². The molecule has 1 heterocycles. The van der Waals surface area contributed by atoms with E-state index in [2.05, 4.69) is 23.3 Å². The van der Waals surface area contributed by atoms with Gasteiger partial charge < -0.3 is 10.6 Å². The van der Waals surface area contributed by atoms with Gasteiger partial charge in [0.15, 0.2) is 0 Å². The zero-order valence-corrected chi connectivity index (χ0v) is 12.3. The summed E-state index contributed by atoms with van der Waals surface area (Å²) in [5.41, 5.74) is 6.77. The van der Waals surface area contributed by atoms with Crippen molar-refractivity contribution in [3.63, 3.8) is 0 Å². The van der Waals surface area contributed by atoms with Crippen LogP contribution in [0.4, 0.5) is 17.1 Å². The second kappa shape index (κ2) is 5.92. The molecule has 0 fully saturated rings. The zero-order valence-electron chi connectivity index (χ0n) is 11.4. The van der Waals surface area contributed by atoms with Gasteiger partial charge in [0.1, 0.15) is 5.69 Å². The number of nitrogens with zero attached hydrogens (tertiary/aromatic N) is 2. The third-order valence-corrected chi connectivity index (χ3v) is 4.25. The van der Waals surface area contributed by atoms with Crippen LogP contribution in [0.25, 0.3) is 0 Å². The highest BCUT2D eigenvalue weighted by Gasteiger charge is 2.16. The van der Waals surface area contributed by atoms with E-state index in [1.807, 2.05) is 13.1 Å². The van der Waals surface area contributed by atoms with Gasteiger partial charge in [-0.3, -0.25) is 10.1 Å². The number of benzene rings is 1. The van der Waals surface area contributed by atoms with Crippen LogP contribution in [0.15, 0.2) is 35.7 Å². The summed E-state index contributed by atoms with van der Waals surface area (Å²) >= 11 is 1.73. The Morgan fingerprint density at radius 2 is 2.20 bits per heavy atom. The van der Waals surface area contributed by atoms with Gasteiger partial charge in [0.2, 0.25) is 0 Å². The molecular weight excluding hydrogens is 274 g/mol. The minimum absolute atomic E-state index is 0.0481. The number of hydrogen-bond donors (Lipinski definition) is 1. The lowest BCUT2D eigenvalue weighted by Crippen LogP contribution is -2.30. The van der Waals surface area contributed by atoms with Gasteiger partial charge in [-0.05, 0) is 30.5 Å². The van der Waals surface area contributed by atoms with Crippen molar-refractivity contribution >= 4 is 28.4 Å². The van der Waals surface area contributed by atoms with E-state index in [1.54, 1.807) is 23.5 Å². The van der Waals surface area contributed by atoms with Crippen LogP contribution in [0.1, 0.15) is 11.8 Å². The number of nitrogens with two attached hydrogens (primary N) is 1. The molecule has 1 atom stereocenters. The fraction of sp³-hybridized carbons (Fsp3) is 0.286. The third kappa shape index (κ3) is 3.08. The molecule has 20 heavy (non-hydrogen) atoms. The molecule has 0 radical (unpaired) electrons. The minimum atomic E-state index is -0.464. The molecule has 1 aromatic carbocycles. The van der Waals surface area contributed by atoms with Crippen LogP contribution in [0.5, 0.6) is 0 Å². The van der Waals surface area contributed by atoms with Gasteiger partial charge in [0, 0.05) is 36.1 Å². The molecule has 2 N–H and O–H groups in total. The van der Waals surface area contributed by atoms with E-state index in [0.717, 1.165) is 12.1 Å². The first-order chi connectivity index (χ1) is 9.49. The quantitative estimate of drug-likeness (QED) is 0.521. The van der Waals surface area contributed by atoms with Crippen LogP contribution in [-0.2, 0) is 6.42 Å². The Hall–Kier alpha value is -2.08. The van der Waals surface area contributed by atoms with Crippen molar-refractivity contribution < 1.29 is 4.92 Å². The van der Waals surface area contributed by atoms with Crippen LogP contribution in [-0.4, -0.2) is 18.0 Å². The van der Waals surface area contributed by atoms with E-state index >= 15 is 0 Å². The molecule has 0 aliphatic heterocycles. The van der Waals surface area contributed by atoms with Crippen LogP contribution >= 0.6 is 11.3 Å². The number of likely N-dealkylation sites (N-methyl/N-ethyl adjacent to an activating group) is 1. The molecule has 2 rings (SSSR count). The van der Waals surface area contributed by atoms with E-state index in [0.29, 0.717) is 0 Å². The lowest BCUT2D eigenvalue weighted by Gasteiger charge is -2.27. The SMILES string of the molecule is CC(Cc1cccs1)N(C)c1ccc([N+](=O)[O-])c(N)c1. The summed E-state index contributed by atoms with van der Waals surface area (Å²) in [4.78, 5) is 13.7. The van der Waals surface area contributed by atoms with Gasteiger partial charge in [-0.1, -0.05) is 6.07 Å². The summed E-state index contributed by atoms with van der Waals surface area (Å²) in [6, 6.07) is 9.28. The van der Waals surface area contributed by atoms with Crippen LogP contribution < -0.4 is 10.6 Å². The van der Waals surface area contributed by atoms with E-state index in [-0.39, 0.29) is 17.4 Å². The Balaban J connectivity index is 2.14. The maximum atomic E-state index is 10.8. The van der Waals surface area contributed by atoms with Crippen molar-refractivity contribution in [3.05, 3.63) is 50.7 Å². The second-order valence-electron chi connectivity index (χ2n) is 4.74. The molecule has 0 saturated carbocycles. The number of nitro groups is 1. The summed E-state index contributed by atoms with van der Waals surface area (Å²) in [6.45, 7) is 2.12. The van der Waals surface area contributed by atoms with E-state index < -0.39 is 4.92 Å². The molecular formula is C14H17N3O2S. The minimum Gasteiger partial charge on any atom is -0.393 e. The Labute approximate surface area is 121 Å². The van der Waals surface area contributed by atoms with E-state index in [9.17, 15) is 10.1 Å². The first-order valence-electron chi connectivity index (χ1n) is 6.28. The number of thiophene rings is 1. The smallest absolute Gasteiger partial charge is 0.292 e. The predicted octanol–water partition coefficient (Wildman–Crippen LogP) is 3.31. The van der Waals surface area contributed by atoms with Gasteiger partial charge in [0.05, 0.1) is 4.92 Å². The first kappa shape index (κ1) is 14.3. The van der Waals surface area contributed by atoms with Crippen LogP contribution in [0.2, 0.25) is 0 Å². The average molecular weight is 291 g/mol. The normalized spacial score (nSPS) is 12.1. The molecule has 5 nitrogen and oxygen atoms in total. The van der Waals surface area contributed by atoms with Gasteiger partial charge in [0.25, 0.3) is 5.69 Å². The van der Waals surface area contributed by atoms with Crippen molar-refractivity contribution in [2.45, 2.75) is 19.4 Å². The molecule has 0 aliphatic carbocycles. The van der Waals surface area contributed by atoms with Crippen molar-refractivity contribution in [2.24, 2.45) is 0 Å². The Bertz CT molecular complexity index is 598. The largest absolute Gasteiger partial charge is 0.393 e. The highest BCUT2D eigenvalue weighted by molar-refractivity contribution is 7.09. The monoisotopic (exact) mass is 291 g/mol. The maximum absolute atomic E-state index is 10.8. The fourth-order valence-corrected chi connectivity index (χ4v) is 2.87. The summed E-state index contributed by atoms with van der Waals surface area (Å²) in [7, 11) is 1.97. The van der Waals surface area contributed by atoms with Crippen LogP contribution in [0, 0.1) is 10.1 Å². The van der Waals surface area contributed by atoms with Gasteiger partial charge in [-0.2, -0.15) is 0 Å². The fourth-order valence-electron chi connectivity index (χ4n) is 2.04. The molecule has 1 unspecified atom stereocenters. The third-order valence-electron chi connectivity index (χ3n) is 3.35. The Morgan fingerprint density at radius 3 is 2.75 bits per heavy atom. The average Bonchev–Trinajstić information content (AvgIpc) is 2.90. The van der Waals surface area contributed by atoms with Crippen molar-refractivity contribution in [3.8, 4) is 0 Å². The lowest BCUT2D eigenvalue weighted by molar-refractivity contribution is -0.383. The summed E-state index contributed by atoms with van der Waals surface area (Å²) in [6.07, 6.45) is 0.936. The van der Waals surface area contributed by atoms with Crippen molar-refractivity contribution in [2.75, 3.05) is 17.7 Å².